The maximum Gasteiger partial charge on any atom is 0.138 e. The number of aromatic nitrogens is 2. The molecule has 2 saturated heterocycles. The third-order valence-electron chi connectivity index (χ3n) is 4.37. The summed E-state index contributed by atoms with van der Waals surface area (Å²) in [6.07, 6.45) is 3.09. The fourth-order valence-electron chi connectivity index (χ4n) is 3.18. The van der Waals surface area contributed by atoms with Gasteiger partial charge in [0, 0.05) is 31.1 Å². The Balaban J connectivity index is 2.00. The summed E-state index contributed by atoms with van der Waals surface area (Å²) >= 11 is 0. The monoisotopic (exact) mass is 290 g/mol. The minimum atomic E-state index is -0.0562. The van der Waals surface area contributed by atoms with Crippen LogP contribution in [0.25, 0.3) is 0 Å². The van der Waals surface area contributed by atoms with Crippen LogP contribution in [-0.2, 0) is 10.2 Å². The minimum absolute atomic E-state index is 0.0562. The molecule has 1 aromatic heterocycles. The van der Waals surface area contributed by atoms with E-state index in [1.54, 1.807) is 0 Å². The zero-order valence-corrected chi connectivity index (χ0v) is 13.7. The maximum atomic E-state index is 5.94. The Morgan fingerprint density at radius 3 is 2.29 bits per heavy atom. The lowest BCUT2D eigenvalue weighted by Crippen LogP contribution is -2.43. The highest BCUT2D eigenvalue weighted by atomic mass is 16.5. The molecule has 2 fully saturated rings. The third kappa shape index (κ3) is 2.71. The van der Waals surface area contributed by atoms with E-state index in [-0.39, 0.29) is 5.41 Å². The van der Waals surface area contributed by atoms with Crippen molar-refractivity contribution in [2.75, 3.05) is 30.4 Å². The topological polar surface area (TPSA) is 50.3 Å². The molecule has 0 amide bonds. The van der Waals surface area contributed by atoms with Crippen LogP contribution in [0, 0.1) is 6.92 Å². The number of nitrogens with zero attached hydrogens (tertiary/aromatic N) is 3. The van der Waals surface area contributed by atoms with Crippen molar-refractivity contribution in [3.8, 4) is 0 Å². The molecule has 0 aliphatic carbocycles. The molecule has 2 bridgehead atoms. The van der Waals surface area contributed by atoms with E-state index in [0.717, 1.165) is 36.1 Å². The highest BCUT2D eigenvalue weighted by Gasteiger charge is 2.35. The Bertz CT molecular complexity index is 526. The summed E-state index contributed by atoms with van der Waals surface area (Å²) in [6.45, 7) is 10.5. The molecule has 0 aromatic carbocycles. The molecule has 5 heteroatoms. The van der Waals surface area contributed by atoms with Crippen LogP contribution in [0.1, 0.15) is 45.0 Å². The second-order valence-corrected chi connectivity index (χ2v) is 7.21. The predicted octanol–water partition coefficient (Wildman–Crippen LogP) is 2.49. The lowest BCUT2D eigenvalue weighted by atomic mass is 9.95. The molecular formula is C16H26N4O. The van der Waals surface area contributed by atoms with E-state index in [1.165, 1.54) is 12.8 Å². The van der Waals surface area contributed by atoms with E-state index in [4.69, 9.17) is 14.7 Å². The number of hydrogen-bond acceptors (Lipinski definition) is 5. The first kappa shape index (κ1) is 14.6. The maximum absolute atomic E-state index is 5.94. The summed E-state index contributed by atoms with van der Waals surface area (Å²) in [6, 6.07) is 0. The molecule has 2 aliphatic rings. The fraction of sp³-hybridized carbons (Fsp3) is 0.750. The molecule has 0 spiro atoms. The van der Waals surface area contributed by atoms with Crippen molar-refractivity contribution in [2.24, 2.45) is 0 Å². The highest BCUT2D eigenvalue weighted by molar-refractivity contribution is 5.59. The number of rotatable bonds is 2. The first-order chi connectivity index (χ1) is 9.88. The number of anilines is 2. The average molecular weight is 290 g/mol. The quantitative estimate of drug-likeness (QED) is 0.907. The van der Waals surface area contributed by atoms with Gasteiger partial charge in [0.15, 0.2) is 0 Å². The lowest BCUT2D eigenvalue weighted by Gasteiger charge is -2.34. The van der Waals surface area contributed by atoms with E-state index in [2.05, 4.69) is 37.9 Å². The smallest absolute Gasteiger partial charge is 0.138 e. The van der Waals surface area contributed by atoms with Gasteiger partial charge in [-0.2, -0.15) is 0 Å². The Kier molecular flexibility index (Phi) is 3.56. The van der Waals surface area contributed by atoms with Gasteiger partial charge in [0.05, 0.1) is 12.2 Å². The molecule has 0 radical (unpaired) electrons. The number of morpholine rings is 1. The van der Waals surface area contributed by atoms with Crippen molar-refractivity contribution in [3.05, 3.63) is 11.4 Å². The van der Waals surface area contributed by atoms with Crippen LogP contribution >= 0.6 is 0 Å². The third-order valence-corrected chi connectivity index (χ3v) is 4.37. The molecule has 3 rings (SSSR count). The standard InChI is InChI=1S/C16H26N4O/c1-10-13(17-5)18-15(16(2,3)4)19-14(10)20-8-11-6-7-12(9-20)21-11/h11-12H,6-9H2,1-5H3,(H,17,18,19). The van der Waals surface area contributed by atoms with Crippen LogP contribution in [0.5, 0.6) is 0 Å². The molecule has 2 unspecified atom stereocenters. The van der Waals surface area contributed by atoms with Gasteiger partial charge in [-0.3, -0.25) is 0 Å². The Morgan fingerprint density at radius 1 is 1.14 bits per heavy atom. The van der Waals surface area contributed by atoms with Gasteiger partial charge >= 0.3 is 0 Å². The van der Waals surface area contributed by atoms with Gasteiger partial charge in [-0.05, 0) is 19.8 Å². The Morgan fingerprint density at radius 2 is 1.76 bits per heavy atom. The largest absolute Gasteiger partial charge is 0.373 e. The van der Waals surface area contributed by atoms with Crippen LogP contribution in [0.3, 0.4) is 0 Å². The molecule has 2 aliphatic heterocycles. The number of fused-ring (bicyclic) bond motifs is 2. The van der Waals surface area contributed by atoms with Crippen molar-refractivity contribution >= 4 is 11.6 Å². The van der Waals surface area contributed by atoms with Crippen LogP contribution in [0.2, 0.25) is 0 Å². The van der Waals surface area contributed by atoms with Gasteiger partial charge in [-0.25, -0.2) is 9.97 Å². The van der Waals surface area contributed by atoms with Gasteiger partial charge in [0.25, 0.3) is 0 Å². The zero-order valence-electron chi connectivity index (χ0n) is 13.7. The normalized spacial score (nSPS) is 25.3. The Labute approximate surface area is 127 Å². The molecule has 3 heterocycles. The summed E-state index contributed by atoms with van der Waals surface area (Å²) in [5.74, 6) is 2.90. The van der Waals surface area contributed by atoms with Gasteiger partial charge < -0.3 is 15.0 Å². The van der Waals surface area contributed by atoms with Gasteiger partial charge in [0.2, 0.25) is 0 Å². The summed E-state index contributed by atoms with van der Waals surface area (Å²) in [5.41, 5.74) is 1.08. The molecule has 0 saturated carbocycles. The zero-order chi connectivity index (χ0) is 15.2. The van der Waals surface area contributed by atoms with E-state index in [1.807, 2.05) is 7.05 Å². The lowest BCUT2D eigenvalue weighted by molar-refractivity contribution is 0.0301. The van der Waals surface area contributed by atoms with Crippen LogP contribution in [-0.4, -0.2) is 42.3 Å². The summed E-state index contributed by atoms with van der Waals surface area (Å²) in [4.78, 5) is 12.0. The van der Waals surface area contributed by atoms with Gasteiger partial charge in [-0.15, -0.1) is 0 Å². The van der Waals surface area contributed by atoms with Crippen molar-refractivity contribution in [2.45, 2.75) is 58.2 Å². The Hall–Kier alpha value is -1.36. The number of ether oxygens (including phenoxy) is 1. The SMILES string of the molecule is CNc1nc(C(C)(C)C)nc(N2CC3CCC(C2)O3)c1C. The van der Waals surface area contributed by atoms with Crippen molar-refractivity contribution < 1.29 is 4.74 Å². The molecule has 1 N–H and O–H groups in total. The molecule has 1 aromatic rings. The fourth-order valence-corrected chi connectivity index (χ4v) is 3.18. The predicted molar refractivity (Wildman–Crippen MR) is 85.1 cm³/mol. The van der Waals surface area contributed by atoms with Crippen LogP contribution in [0.15, 0.2) is 0 Å². The summed E-state index contributed by atoms with van der Waals surface area (Å²) in [7, 11) is 1.93. The summed E-state index contributed by atoms with van der Waals surface area (Å²) in [5, 5.41) is 3.22. The first-order valence-corrected chi connectivity index (χ1v) is 7.85. The molecule has 21 heavy (non-hydrogen) atoms. The highest BCUT2D eigenvalue weighted by Crippen LogP contribution is 2.33. The van der Waals surface area contributed by atoms with Crippen LogP contribution < -0.4 is 10.2 Å². The van der Waals surface area contributed by atoms with E-state index >= 15 is 0 Å². The molecule has 116 valence electrons. The van der Waals surface area contributed by atoms with Crippen molar-refractivity contribution in [1.82, 2.24) is 9.97 Å². The second-order valence-electron chi connectivity index (χ2n) is 7.21. The van der Waals surface area contributed by atoms with Crippen molar-refractivity contribution in [3.63, 3.8) is 0 Å². The number of nitrogens with one attached hydrogen (secondary N) is 1. The first-order valence-electron chi connectivity index (χ1n) is 7.85. The molecular weight excluding hydrogens is 264 g/mol. The van der Waals surface area contributed by atoms with Crippen LogP contribution in [0.4, 0.5) is 11.6 Å². The van der Waals surface area contributed by atoms with Gasteiger partial charge in [0.1, 0.15) is 17.5 Å². The van der Waals surface area contributed by atoms with Gasteiger partial charge in [-0.1, -0.05) is 20.8 Å². The second kappa shape index (κ2) is 5.13. The molecule has 2 atom stereocenters. The number of hydrogen-bond donors (Lipinski definition) is 1. The van der Waals surface area contributed by atoms with E-state index in [9.17, 15) is 0 Å². The summed E-state index contributed by atoms with van der Waals surface area (Å²) < 4.78 is 5.94. The van der Waals surface area contributed by atoms with E-state index in [0.29, 0.717) is 12.2 Å². The minimum Gasteiger partial charge on any atom is -0.373 e. The van der Waals surface area contributed by atoms with Crippen molar-refractivity contribution in [1.29, 1.82) is 0 Å². The average Bonchev–Trinajstić information content (AvgIpc) is 2.76. The molecule has 5 nitrogen and oxygen atoms in total. The van der Waals surface area contributed by atoms with E-state index < -0.39 is 0 Å².